The summed E-state index contributed by atoms with van der Waals surface area (Å²) in [6, 6.07) is 0. The monoisotopic (exact) mass is 228 g/mol. The summed E-state index contributed by atoms with van der Waals surface area (Å²) in [5.41, 5.74) is 1.16. The van der Waals surface area contributed by atoms with Crippen molar-refractivity contribution in [1.82, 2.24) is 0 Å². The molecule has 0 spiro atoms. The van der Waals surface area contributed by atoms with Crippen LogP contribution < -0.4 is 0 Å². The molecular formula is C14H29P. The molecule has 0 amide bonds. The lowest BCUT2D eigenvalue weighted by Crippen LogP contribution is -2.14. The molecule has 0 radical (unpaired) electrons. The summed E-state index contributed by atoms with van der Waals surface area (Å²) in [5, 5.41) is 0. The van der Waals surface area contributed by atoms with Gasteiger partial charge in [-0.15, -0.1) is 7.92 Å². The summed E-state index contributed by atoms with van der Waals surface area (Å²) in [4.78, 5) is 0. The fourth-order valence-corrected chi connectivity index (χ4v) is 6.14. The molecule has 0 saturated heterocycles. The summed E-state index contributed by atoms with van der Waals surface area (Å²) in [6.07, 6.45) is 16.7. The Morgan fingerprint density at radius 3 is 1.87 bits per heavy atom. The van der Waals surface area contributed by atoms with Crippen molar-refractivity contribution >= 4 is 7.92 Å². The largest absolute Gasteiger partial charge is 0.104 e. The zero-order chi connectivity index (χ0) is 10.9. The van der Waals surface area contributed by atoms with Crippen molar-refractivity contribution in [2.24, 2.45) is 0 Å². The first-order valence-corrected chi connectivity index (χ1v) is 8.90. The third kappa shape index (κ3) is 5.34. The third-order valence-corrected chi connectivity index (χ3v) is 7.02. The van der Waals surface area contributed by atoms with Crippen LogP contribution in [0, 0.1) is 0 Å². The van der Waals surface area contributed by atoms with Gasteiger partial charge < -0.3 is 0 Å². The molecule has 0 bridgehead atoms. The molecule has 0 aromatic rings. The highest BCUT2D eigenvalue weighted by atomic mass is 31.1. The van der Waals surface area contributed by atoms with Crippen molar-refractivity contribution in [3.63, 3.8) is 0 Å². The van der Waals surface area contributed by atoms with Crippen LogP contribution in [-0.4, -0.2) is 18.0 Å². The summed E-state index contributed by atoms with van der Waals surface area (Å²) >= 11 is 0. The van der Waals surface area contributed by atoms with E-state index in [2.05, 4.69) is 13.8 Å². The van der Waals surface area contributed by atoms with E-state index >= 15 is 0 Å². The Kier molecular flexibility index (Phi) is 7.71. The minimum Gasteiger partial charge on any atom is -0.104 e. The Morgan fingerprint density at radius 2 is 1.40 bits per heavy atom. The van der Waals surface area contributed by atoms with Crippen molar-refractivity contribution in [3.8, 4) is 0 Å². The first-order valence-electron chi connectivity index (χ1n) is 7.12. The standard InChI is InChI=1S/C14H29P/c1-3-5-12-15(13-6-4-2)14-10-8-7-9-11-14/h14H,3-13H2,1-2H3. The van der Waals surface area contributed by atoms with Crippen molar-refractivity contribution in [2.45, 2.75) is 77.3 Å². The highest BCUT2D eigenvalue weighted by molar-refractivity contribution is 7.58. The topological polar surface area (TPSA) is 0 Å². The fourth-order valence-electron chi connectivity index (χ4n) is 2.65. The van der Waals surface area contributed by atoms with Gasteiger partial charge in [-0.3, -0.25) is 0 Å². The lowest BCUT2D eigenvalue weighted by Gasteiger charge is -2.31. The van der Waals surface area contributed by atoms with Crippen LogP contribution in [0.3, 0.4) is 0 Å². The van der Waals surface area contributed by atoms with E-state index in [0.717, 1.165) is 5.66 Å². The van der Waals surface area contributed by atoms with Gasteiger partial charge in [-0.1, -0.05) is 46.0 Å². The molecule has 0 nitrogen and oxygen atoms in total. The van der Waals surface area contributed by atoms with Crippen molar-refractivity contribution in [1.29, 1.82) is 0 Å². The van der Waals surface area contributed by atoms with Crippen molar-refractivity contribution in [3.05, 3.63) is 0 Å². The molecule has 0 atom stereocenters. The number of unbranched alkanes of at least 4 members (excludes halogenated alkanes) is 2. The maximum Gasteiger partial charge on any atom is -0.0209 e. The van der Waals surface area contributed by atoms with Gasteiger partial charge in [0.1, 0.15) is 0 Å². The van der Waals surface area contributed by atoms with E-state index < -0.39 is 0 Å². The highest BCUT2D eigenvalue weighted by Crippen LogP contribution is 2.49. The maximum atomic E-state index is 2.34. The van der Waals surface area contributed by atoms with Crippen LogP contribution in [0.15, 0.2) is 0 Å². The molecule has 1 heteroatoms. The second kappa shape index (κ2) is 8.57. The van der Waals surface area contributed by atoms with Gasteiger partial charge in [-0.25, -0.2) is 0 Å². The summed E-state index contributed by atoms with van der Waals surface area (Å²) in [5.74, 6) is 0. The molecular weight excluding hydrogens is 199 g/mol. The molecule has 1 aliphatic carbocycles. The number of hydrogen-bond donors (Lipinski definition) is 0. The quantitative estimate of drug-likeness (QED) is 0.512. The van der Waals surface area contributed by atoms with E-state index in [1.165, 1.54) is 44.9 Å². The first-order chi connectivity index (χ1) is 7.38. The van der Waals surface area contributed by atoms with Crippen LogP contribution in [-0.2, 0) is 0 Å². The zero-order valence-electron chi connectivity index (χ0n) is 10.8. The van der Waals surface area contributed by atoms with Gasteiger partial charge in [0.25, 0.3) is 0 Å². The van der Waals surface area contributed by atoms with Gasteiger partial charge in [0.2, 0.25) is 0 Å². The van der Waals surface area contributed by atoms with E-state index in [9.17, 15) is 0 Å². The SMILES string of the molecule is CCCCP(CCCC)C1CCCCC1. The Hall–Kier alpha value is 0.430. The molecule has 15 heavy (non-hydrogen) atoms. The smallest absolute Gasteiger partial charge is 0.0209 e. The van der Waals surface area contributed by atoms with Crippen molar-refractivity contribution < 1.29 is 0 Å². The summed E-state index contributed by atoms with van der Waals surface area (Å²) in [6.45, 7) is 4.68. The number of hydrogen-bond acceptors (Lipinski definition) is 0. The highest BCUT2D eigenvalue weighted by Gasteiger charge is 2.21. The van der Waals surface area contributed by atoms with Gasteiger partial charge in [0, 0.05) is 0 Å². The molecule has 0 heterocycles. The minimum absolute atomic E-state index is 0.409. The third-order valence-electron chi connectivity index (χ3n) is 3.69. The first kappa shape index (κ1) is 13.5. The van der Waals surface area contributed by atoms with Crippen LogP contribution in [0.1, 0.15) is 71.6 Å². The van der Waals surface area contributed by atoms with Gasteiger partial charge in [-0.05, 0) is 43.7 Å². The van der Waals surface area contributed by atoms with Crippen molar-refractivity contribution in [2.75, 3.05) is 12.3 Å². The van der Waals surface area contributed by atoms with E-state index in [1.807, 2.05) is 0 Å². The van der Waals surface area contributed by atoms with Crippen LogP contribution in [0.25, 0.3) is 0 Å². The van der Waals surface area contributed by atoms with Gasteiger partial charge in [0.15, 0.2) is 0 Å². The second-order valence-corrected chi connectivity index (χ2v) is 7.84. The number of rotatable bonds is 7. The molecule has 0 aliphatic heterocycles. The van der Waals surface area contributed by atoms with Crippen LogP contribution in [0.2, 0.25) is 0 Å². The normalized spacial score (nSPS) is 18.6. The molecule has 1 rings (SSSR count). The van der Waals surface area contributed by atoms with E-state index in [-0.39, 0.29) is 0 Å². The fraction of sp³-hybridized carbons (Fsp3) is 1.00. The molecule has 1 fully saturated rings. The minimum atomic E-state index is 0.409. The van der Waals surface area contributed by atoms with Gasteiger partial charge in [0.05, 0.1) is 0 Å². The van der Waals surface area contributed by atoms with Gasteiger partial charge in [-0.2, -0.15) is 0 Å². The molecule has 90 valence electrons. The Labute approximate surface area is 98.0 Å². The Bertz CT molecular complexity index is 130. The maximum absolute atomic E-state index is 2.34. The lowest BCUT2D eigenvalue weighted by atomic mass is 10.0. The molecule has 0 aromatic carbocycles. The predicted octanol–water partition coefficient (Wildman–Crippen LogP) is 5.40. The van der Waals surface area contributed by atoms with Crippen LogP contribution >= 0.6 is 7.92 Å². The predicted molar refractivity (Wildman–Crippen MR) is 73.3 cm³/mol. The summed E-state index contributed by atoms with van der Waals surface area (Å²) in [7, 11) is 0.409. The van der Waals surface area contributed by atoms with E-state index in [4.69, 9.17) is 0 Å². The molecule has 0 unspecified atom stereocenters. The van der Waals surface area contributed by atoms with Crippen LogP contribution in [0.5, 0.6) is 0 Å². The second-order valence-electron chi connectivity index (χ2n) is 5.03. The average Bonchev–Trinajstić information content (AvgIpc) is 2.30. The molecule has 0 N–H and O–H groups in total. The lowest BCUT2D eigenvalue weighted by molar-refractivity contribution is 0.509. The van der Waals surface area contributed by atoms with Crippen LogP contribution in [0.4, 0.5) is 0 Å². The summed E-state index contributed by atoms with van der Waals surface area (Å²) < 4.78 is 0. The van der Waals surface area contributed by atoms with E-state index in [1.54, 1.807) is 25.2 Å². The molecule has 0 aromatic heterocycles. The van der Waals surface area contributed by atoms with E-state index in [0.29, 0.717) is 7.92 Å². The van der Waals surface area contributed by atoms with Gasteiger partial charge >= 0.3 is 0 Å². The Morgan fingerprint density at radius 1 is 0.867 bits per heavy atom. The zero-order valence-corrected chi connectivity index (χ0v) is 11.7. The molecule has 1 saturated carbocycles. The Balaban J connectivity index is 2.30. The average molecular weight is 228 g/mol. The molecule has 1 aliphatic rings.